The number of carbonyl (C=O) groups excluding carboxylic acids is 1. The van der Waals surface area contributed by atoms with Gasteiger partial charge in [-0.05, 0) is 0 Å². The second-order valence-corrected chi connectivity index (χ2v) is 4.10. The number of carbonyl (C=O) groups is 1. The quantitative estimate of drug-likeness (QED) is 0.517. The summed E-state index contributed by atoms with van der Waals surface area (Å²) in [5, 5.41) is 1.12. The van der Waals surface area contributed by atoms with Gasteiger partial charge in [0, 0.05) is 0 Å². The molecule has 0 N–H and O–H groups in total. The minimum absolute atomic E-state index is 0. The van der Waals surface area contributed by atoms with E-state index in [4.69, 9.17) is 4.74 Å². The summed E-state index contributed by atoms with van der Waals surface area (Å²) in [6, 6.07) is 8.15. The Labute approximate surface area is 111 Å². The van der Waals surface area contributed by atoms with Crippen molar-refractivity contribution in [2.24, 2.45) is 0 Å². The maximum Gasteiger partial charge on any atom is -1.00 e. The zero-order valence-electron chi connectivity index (χ0n) is 8.83. The fraction of sp³-hybridized carbons (Fsp3) is 0.364. The molecular weight excluding hydrogens is 309 g/mol. The molecule has 0 amide bonds. The number of esters is 1. The monoisotopic (exact) mass is 320 g/mol. The Morgan fingerprint density at radius 3 is 2.67 bits per heavy atom. The predicted molar refractivity (Wildman–Crippen MR) is 50.5 cm³/mol. The molecule has 0 radical (unpaired) electrons. The number of hydrogen-bond acceptors (Lipinski definition) is 2. The van der Waals surface area contributed by atoms with Gasteiger partial charge in [-0.3, -0.25) is 0 Å². The van der Waals surface area contributed by atoms with Crippen molar-refractivity contribution in [2.75, 3.05) is 6.61 Å². The fourth-order valence-electron chi connectivity index (χ4n) is 1.27. The zero-order valence-corrected chi connectivity index (χ0v) is 13.4. The Hall–Kier alpha value is -0.207. The first-order valence-corrected chi connectivity index (χ1v) is 6.88. The van der Waals surface area contributed by atoms with Crippen LogP contribution in [0.2, 0.25) is 0 Å². The average molecular weight is 323 g/mol. The van der Waals surface area contributed by atoms with Crippen LogP contribution in [0.25, 0.3) is 0 Å². The summed E-state index contributed by atoms with van der Waals surface area (Å²) in [6.07, 6.45) is 0.391. The summed E-state index contributed by atoms with van der Waals surface area (Å²) in [4.78, 5) is 11.2. The molecule has 0 aromatic heterocycles. The van der Waals surface area contributed by atoms with Crippen LogP contribution < -0.4 is 17.0 Å². The summed E-state index contributed by atoms with van der Waals surface area (Å²) in [5.41, 5.74) is 2.36. The molecule has 1 aromatic rings. The molecule has 4 heteroatoms. The van der Waals surface area contributed by atoms with Gasteiger partial charge in [0.1, 0.15) is 0 Å². The summed E-state index contributed by atoms with van der Waals surface area (Å²) in [6.45, 7) is 2.28. The number of hydrogen-bond donors (Lipinski definition) is 0. The van der Waals surface area contributed by atoms with E-state index in [1.54, 1.807) is 0 Å². The fourth-order valence-corrected chi connectivity index (χ4v) is 1.93. The smallest absolute Gasteiger partial charge is 1.00 e. The van der Waals surface area contributed by atoms with E-state index in [0.29, 0.717) is 13.0 Å². The Morgan fingerprint density at radius 1 is 1.40 bits per heavy atom. The van der Waals surface area contributed by atoms with Crippen LogP contribution in [0.5, 0.6) is 0 Å². The van der Waals surface area contributed by atoms with Gasteiger partial charge in [0.2, 0.25) is 0 Å². The van der Waals surface area contributed by atoms with Crippen molar-refractivity contribution in [1.29, 1.82) is 0 Å². The summed E-state index contributed by atoms with van der Waals surface area (Å²) in [7, 11) is 0. The van der Waals surface area contributed by atoms with Crippen molar-refractivity contribution in [1.82, 2.24) is 0 Å². The van der Waals surface area contributed by atoms with Gasteiger partial charge >= 0.3 is 94.2 Å². The summed E-state index contributed by atoms with van der Waals surface area (Å²) in [5.74, 6) is -0.142. The van der Waals surface area contributed by atoms with E-state index in [-0.39, 0.29) is 23.0 Å². The molecule has 1 rings (SSSR count). The molecular formula is C11H13BrO2Zn. The van der Waals surface area contributed by atoms with Crippen molar-refractivity contribution < 1.29 is 44.8 Å². The Kier molecular flexibility index (Phi) is 7.89. The van der Waals surface area contributed by atoms with Crippen molar-refractivity contribution in [2.45, 2.75) is 18.4 Å². The summed E-state index contributed by atoms with van der Waals surface area (Å²) >= 11 is 1.25. The minimum Gasteiger partial charge on any atom is -1.00 e. The van der Waals surface area contributed by atoms with Gasteiger partial charge in [-0.25, -0.2) is 0 Å². The van der Waals surface area contributed by atoms with Crippen LogP contribution in [0.3, 0.4) is 0 Å². The SMILES string of the molecule is CCOC(=O)Cc1cccc([CH2][Zn+])c1.[Br-]. The van der Waals surface area contributed by atoms with E-state index in [1.807, 2.05) is 19.1 Å². The van der Waals surface area contributed by atoms with E-state index in [0.717, 1.165) is 10.6 Å². The molecule has 78 valence electrons. The van der Waals surface area contributed by atoms with Gasteiger partial charge in [-0.15, -0.1) is 0 Å². The van der Waals surface area contributed by atoms with Gasteiger partial charge in [-0.2, -0.15) is 0 Å². The average Bonchev–Trinajstić information content (AvgIpc) is 2.18. The molecule has 0 atom stereocenters. The summed E-state index contributed by atoms with van der Waals surface area (Å²) < 4.78 is 4.89. The molecule has 0 saturated heterocycles. The maximum atomic E-state index is 11.2. The van der Waals surface area contributed by atoms with E-state index in [9.17, 15) is 4.79 Å². The first-order chi connectivity index (χ1) is 6.76. The Bertz CT molecular complexity index is 315. The molecule has 0 aliphatic carbocycles. The maximum absolute atomic E-state index is 11.2. The van der Waals surface area contributed by atoms with Crippen LogP contribution in [0.1, 0.15) is 18.1 Å². The molecule has 0 bridgehead atoms. The third kappa shape index (κ3) is 5.43. The van der Waals surface area contributed by atoms with Crippen LogP contribution in [-0.4, -0.2) is 12.6 Å². The molecule has 0 fully saturated rings. The van der Waals surface area contributed by atoms with E-state index in [2.05, 4.69) is 12.1 Å². The van der Waals surface area contributed by atoms with Gasteiger partial charge in [0.05, 0.1) is 0 Å². The van der Waals surface area contributed by atoms with Crippen LogP contribution in [0, 0.1) is 0 Å². The van der Waals surface area contributed by atoms with E-state index < -0.39 is 0 Å². The van der Waals surface area contributed by atoms with E-state index in [1.165, 1.54) is 23.9 Å². The topological polar surface area (TPSA) is 26.3 Å². The molecule has 0 saturated carbocycles. The van der Waals surface area contributed by atoms with Crippen LogP contribution >= 0.6 is 0 Å². The van der Waals surface area contributed by atoms with Crippen molar-refractivity contribution in [3.63, 3.8) is 0 Å². The molecule has 15 heavy (non-hydrogen) atoms. The Morgan fingerprint density at radius 2 is 2.07 bits per heavy atom. The molecule has 0 spiro atoms. The van der Waals surface area contributed by atoms with Crippen LogP contribution in [-0.2, 0) is 39.3 Å². The third-order valence-electron chi connectivity index (χ3n) is 1.93. The zero-order chi connectivity index (χ0) is 10.4. The molecule has 0 unspecified atom stereocenters. The van der Waals surface area contributed by atoms with Gasteiger partial charge in [-0.1, -0.05) is 0 Å². The van der Waals surface area contributed by atoms with Crippen molar-refractivity contribution in [3.8, 4) is 0 Å². The largest absolute Gasteiger partial charge is 1.00 e. The number of halogens is 1. The first-order valence-electron chi connectivity index (χ1n) is 4.79. The predicted octanol–water partition coefficient (Wildman–Crippen LogP) is -1.16. The molecule has 2 nitrogen and oxygen atoms in total. The van der Waals surface area contributed by atoms with Crippen molar-refractivity contribution in [3.05, 3.63) is 35.4 Å². The first kappa shape index (κ1) is 14.8. The van der Waals surface area contributed by atoms with Crippen LogP contribution in [0.4, 0.5) is 0 Å². The minimum atomic E-state index is -0.142. The number of ether oxygens (including phenoxy) is 1. The van der Waals surface area contributed by atoms with Crippen molar-refractivity contribution >= 4 is 5.97 Å². The normalized spacial score (nSPS) is 9.27. The number of benzene rings is 1. The third-order valence-corrected chi connectivity index (χ3v) is 3.15. The molecule has 1 aromatic carbocycles. The molecule has 0 heterocycles. The van der Waals surface area contributed by atoms with Gasteiger partial charge in [0.15, 0.2) is 0 Å². The van der Waals surface area contributed by atoms with Crippen LogP contribution in [0.15, 0.2) is 24.3 Å². The number of rotatable bonds is 4. The van der Waals surface area contributed by atoms with Gasteiger partial charge < -0.3 is 17.0 Å². The standard InChI is InChI=1S/C11H13O2.BrH.Zn/c1-3-13-11(12)8-10-6-4-5-9(2)7-10;;/h4-7H,2-3,8H2,1H3;1H;/q;;+1/p-1. The molecule has 0 aliphatic heterocycles. The van der Waals surface area contributed by atoms with Gasteiger partial charge in [0.25, 0.3) is 0 Å². The molecule has 0 aliphatic rings. The second kappa shape index (κ2) is 8.01. The van der Waals surface area contributed by atoms with E-state index >= 15 is 0 Å². The Balaban J connectivity index is 0.00000196. The second-order valence-electron chi connectivity index (χ2n) is 3.05.